The number of halogens is 2. The highest BCUT2D eigenvalue weighted by molar-refractivity contribution is 9.10. The van der Waals surface area contributed by atoms with Crippen molar-refractivity contribution in [3.05, 3.63) is 56.5 Å². The second-order valence-electron chi connectivity index (χ2n) is 5.11. The number of rotatable bonds is 1. The highest BCUT2D eigenvalue weighted by atomic mass is 79.9. The van der Waals surface area contributed by atoms with Crippen molar-refractivity contribution >= 4 is 33.2 Å². The highest BCUT2D eigenvalue weighted by Crippen LogP contribution is 2.39. The third-order valence-electron chi connectivity index (χ3n) is 3.47. The van der Waals surface area contributed by atoms with Crippen molar-refractivity contribution in [2.45, 2.75) is 20.0 Å². The van der Waals surface area contributed by atoms with E-state index in [9.17, 15) is 0 Å². The molecule has 1 heterocycles. The van der Waals surface area contributed by atoms with Crippen LogP contribution in [0.3, 0.4) is 0 Å². The summed E-state index contributed by atoms with van der Waals surface area (Å²) in [7, 11) is 0. The van der Waals surface area contributed by atoms with Crippen molar-refractivity contribution in [2.24, 2.45) is 0 Å². The fraction of sp³-hybridized carbons (Fsp3) is 0.250. The quantitative estimate of drug-likeness (QED) is 0.755. The van der Waals surface area contributed by atoms with E-state index in [1.54, 1.807) is 0 Å². The van der Waals surface area contributed by atoms with Crippen LogP contribution in [0.1, 0.15) is 22.8 Å². The zero-order valence-corrected chi connectivity index (χ0v) is 13.7. The molecule has 0 aromatic heterocycles. The lowest BCUT2D eigenvalue weighted by atomic mass is 10.0. The van der Waals surface area contributed by atoms with Gasteiger partial charge >= 0.3 is 0 Å². The molecule has 2 nitrogen and oxygen atoms in total. The van der Waals surface area contributed by atoms with E-state index in [1.807, 2.05) is 18.2 Å². The van der Waals surface area contributed by atoms with Crippen molar-refractivity contribution in [1.29, 1.82) is 0 Å². The molecule has 1 atom stereocenters. The summed E-state index contributed by atoms with van der Waals surface area (Å²) in [4.78, 5) is 0. The molecular formula is C16H15BrClNO. The number of ether oxygens (including phenoxy) is 1. The first-order chi connectivity index (χ1) is 9.54. The van der Waals surface area contributed by atoms with Gasteiger partial charge in [-0.1, -0.05) is 39.7 Å². The summed E-state index contributed by atoms with van der Waals surface area (Å²) in [5.41, 5.74) is 4.45. The summed E-state index contributed by atoms with van der Waals surface area (Å²) >= 11 is 9.74. The SMILES string of the molecule is Cc1cc(C)c2c(c1)NCC(c1ccc(Br)cc1Cl)O2. The molecule has 0 spiro atoms. The number of aryl methyl sites for hydroxylation is 2. The summed E-state index contributed by atoms with van der Waals surface area (Å²) in [6.07, 6.45) is -0.0653. The van der Waals surface area contributed by atoms with Crippen molar-refractivity contribution < 1.29 is 4.74 Å². The van der Waals surface area contributed by atoms with Gasteiger partial charge < -0.3 is 10.1 Å². The molecule has 20 heavy (non-hydrogen) atoms. The topological polar surface area (TPSA) is 21.3 Å². The molecule has 0 radical (unpaired) electrons. The number of nitrogens with one attached hydrogen (secondary N) is 1. The lowest BCUT2D eigenvalue weighted by Crippen LogP contribution is -2.24. The average molecular weight is 353 g/mol. The first-order valence-corrected chi connectivity index (χ1v) is 7.68. The van der Waals surface area contributed by atoms with Gasteiger partial charge in [-0.15, -0.1) is 0 Å². The van der Waals surface area contributed by atoms with E-state index in [0.717, 1.165) is 38.6 Å². The number of hydrogen-bond acceptors (Lipinski definition) is 2. The molecular weight excluding hydrogens is 338 g/mol. The van der Waals surface area contributed by atoms with Crippen molar-refractivity contribution in [1.82, 2.24) is 0 Å². The Morgan fingerprint density at radius 1 is 1.25 bits per heavy atom. The monoisotopic (exact) mass is 351 g/mol. The second kappa shape index (κ2) is 5.30. The van der Waals surface area contributed by atoms with Crippen LogP contribution in [0.5, 0.6) is 5.75 Å². The van der Waals surface area contributed by atoms with E-state index in [2.05, 4.69) is 47.2 Å². The van der Waals surface area contributed by atoms with Gasteiger partial charge in [0.2, 0.25) is 0 Å². The molecule has 0 amide bonds. The van der Waals surface area contributed by atoms with Crippen molar-refractivity contribution in [3.8, 4) is 5.75 Å². The number of hydrogen-bond donors (Lipinski definition) is 1. The Kier molecular flexibility index (Phi) is 3.65. The van der Waals surface area contributed by atoms with Crippen LogP contribution in [0.2, 0.25) is 5.02 Å². The molecule has 1 N–H and O–H groups in total. The molecule has 0 bridgehead atoms. The van der Waals surface area contributed by atoms with Crippen molar-refractivity contribution in [3.63, 3.8) is 0 Å². The Hall–Kier alpha value is -1.19. The van der Waals surface area contributed by atoms with Gasteiger partial charge in [0.1, 0.15) is 11.9 Å². The number of fused-ring (bicyclic) bond motifs is 1. The van der Waals surface area contributed by atoms with Gasteiger partial charge in [-0.05, 0) is 43.2 Å². The molecule has 3 rings (SSSR count). The molecule has 0 fully saturated rings. The van der Waals surface area contributed by atoms with E-state index >= 15 is 0 Å². The van der Waals surface area contributed by atoms with Gasteiger partial charge in [0.05, 0.1) is 12.2 Å². The predicted octanol–water partition coefficient (Wildman–Crippen LogP) is 5.26. The van der Waals surface area contributed by atoms with Crippen LogP contribution in [-0.2, 0) is 0 Å². The third kappa shape index (κ3) is 2.52. The first kappa shape index (κ1) is 13.8. The number of benzene rings is 2. The Balaban J connectivity index is 1.96. The average Bonchev–Trinajstić information content (AvgIpc) is 2.38. The van der Waals surface area contributed by atoms with Crippen LogP contribution in [0.25, 0.3) is 0 Å². The van der Waals surface area contributed by atoms with Crippen LogP contribution in [-0.4, -0.2) is 6.54 Å². The van der Waals surface area contributed by atoms with E-state index in [4.69, 9.17) is 16.3 Å². The van der Waals surface area contributed by atoms with Crippen LogP contribution >= 0.6 is 27.5 Å². The van der Waals surface area contributed by atoms with Gasteiger partial charge in [-0.3, -0.25) is 0 Å². The van der Waals surface area contributed by atoms with Gasteiger partial charge in [-0.25, -0.2) is 0 Å². The molecule has 2 aromatic carbocycles. The molecule has 0 saturated heterocycles. The lowest BCUT2D eigenvalue weighted by molar-refractivity contribution is 0.209. The Morgan fingerprint density at radius 3 is 2.80 bits per heavy atom. The molecule has 104 valence electrons. The largest absolute Gasteiger partial charge is 0.481 e. The van der Waals surface area contributed by atoms with Gasteiger partial charge in [-0.2, -0.15) is 0 Å². The van der Waals surface area contributed by atoms with E-state index in [1.165, 1.54) is 5.56 Å². The van der Waals surface area contributed by atoms with Gasteiger partial charge in [0.15, 0.2) is 0 Å². The summed E-state index contributed by atoms with van der Waals surface area (Å²) < 4.78 is 7.14. The summed E-state index contributed by atoms with van der Waals surface area (Å²) in [5, 5.41) is 4.16. The first-order valence-electron chi connectivity index (χ1n) is 6.51. The minimum Gasteiger partial charge on any atom is -0.481 e. The van der Waals surface area contributed by atoms with Crippen LogP contribution < -0.4 is 10.1 Å². The van der Waals surface area contributed by atoms with Crippen LogP contribution in [0.4, 0.5) is 5.69 Å². The normalized spacial score (nSPS) is 17.1. The molecule has 4 heteroatoms. The van der Waals surface area contributed by atoms with Crippen molar-refractivity contribution in [2.75, 3.05) is 11.9 Å². The zero-order valence-electron chi connectivity index (χ0n) is 11.3. The Bertz CT molecular complexity index is 672. The maximum Gasteiger partial charge on any atom is 0.146 e. The third-order valence-corrected chi connectivity index (χ3v) is 4.29. The Morgan fingerprint density at radius 2 is 2.05 bits per heavy atom. The fourth-order valence-corrected chi connectivity index (χ4v) is 3.36. The molecule has 0 aliphatic carbocycles. The molecule has 1 aliphatic rings. The molecule has 1 aliphatic heterocycles. The zero-order chi connectivity index (χ0) is 14.3. The minimum atomic E-state index is -0.0653. The number of anilines is 1. The van der Waals surface area contributed by atoms with E-state index in [-0.39, 0.29) is 6.10 Å². The summed E-state index contributed by atoms with van der Waals surface area (Å²) in [5.74, 6) is 0.922. The fourth-order valence-electron chi connectivity index (χ4n) is 2.56. The molecule has 2 aromatic rings. The van der Waals surface area contributed by atoms with Crippen LogP contribution in [0, 0.1) is 13.8 Å². The summed E-state index contributed by atoms with van der Waals surface area (Å²) in [6, 6.07) is 10.1. The van der Waals surface area contributed by atoms with E-state index in [0.29, 0.717) is 0 Å². The predicted molar refractivity (Wildman–Crippen MR) is 86.9 cm³/mol. The van der Waals surface area contributed by atoms with Crippen LogP contribution in [0.15, 0.2) is 34.8 Å². The minimum absolute atomic E-state index is 0.0653. The standard InChI is InChI=1S/C16H15BrClNO/c1-9-5-10(2)16-14(6-9)19-8-15(20-16)12-4-3-11(17)7-13(12)18/h3-7,15,19H,8H2,1-2H3. The van der Waals surface area contributed by atoms with Gasteiger partial charge in [0, 0.05) is 15.1 Å². The highest BCUT2D eigenvalue weighted by Gasteiger charge is 2.24. The van der Waals surface area contributed by atoms with E-state index < -0.39 is 0 Å². The molecule has 0 saturated carbocycles. The lowest BCUT2D eigenvalue weighted by Gasteiger charge is -2.29. The second-order valence-corrected chi connectivity index (χ2v) is 6.43. The smallest absolute Gasteiger partial charge is 0.146 e. The molecule has 1 unspecified atom stereocenters. The maximum atomic E-state index is 6.32. The van der Waals surface area contributed by atoms with Gasteiger partial charge in [0.25, 0.3) is 0 Å². The maximum absolute atomic E-state index is 6.32. The summed E-state index contributed by atoms with van der Waals surface area (Å²) in [6.45, 7) is 4.88. The Labute approximate surface area is 132 Å².